The third-order valence-electron chi connectivity index (χ3n) is 5.52. The number of ether oxygens (including phenoxy) is 2. The first-order chi connectivity index (χ1) is 15.6. The molecule has 1 aromatic heterocycles. The Labute approximate surface area is 186 Å². The van der Waals surface area contributed by atoms with Crippen molar-refractivity contribution in [1.82, 2.24) is 10.1 Å². The predicted octanol–water partition coefficient (Wildman–Crippen LogP) is 3.85. The minimum atomic E-state index is -0.280. The van der Waals surface area contributed by atoms with Gasteiger partial charge in [-0.1, -0.05) is 23.4 Å². The number of likely N-dealkylation sites (tertiary alicyclic amines) is 1. The fourth-order valence-electron chi connectivity index (χ4n) is 3.81. The molecule has 1 atom stereocenters. The number of carbonyl (C=O) groups excluding carboxylic acids is 2. The Balaban J connectivity index is 1.47. The number of hydrogen-bond donors (Lipinski definition) is 1. The van der Waals surface area contributed by atoms with Crippen molar-refractivity contribution in [3.63, 3.8) is 0 Å². The van der Waals surface area contributed by atoms with Gasteiger partial charge in [-0.15, -0.1) is 0 Å². The molecule has 8 nitrogen and oxygen atoms in total. The van der Waals surface area contributed by atoms with Gasteiger partial charge in [0.25, 0.3) is 5.91 Å². The third-order valence-corrected chi connectivity index (χ3v) is 5.52. The van der Waals surface area contributed by atoms with E-state index < -0.39 is 0 Å². The molecule has 32 heavy (non-hydrogen) atoms. The van der Waals surface area contributed by atoms with E-state index in [2.05, 4.69) is 10.5 Å². The maximum Gasteiger partial charge on any atom is 0.276 e. The van der Waals surface area contributed by atoms with Crippen molar-refractivity contribution in [3.8, 4) is 22.8 Å². The number of benzene rings is 2. The van der Waals surface area contributed by atoms with E-state index in [9.17, 15) is 9.59 Å². The van der Waals surface area contributed by atoms with Gasteiger partial charge in [-0.05, 0) is 43.2 Å². The molecule has 1 aliphatic rings. The standard InChI is InChI=1S/C24H25N3O5/c1-30-18-10-11-21(31-2)19(13-18)22-14-20(26-32-22)24(29)27-12-6-7-16(15-27)23(28)25-17-8-4-3-5-9-17/h3-5,8-11,13-14,16H,6-7,12,15H2,1-2H3,(H,25,28). The molecule has 4 rings (SSSR count). The maximum absolute atomic E-state index is 13.1. The van der Waals surface area contributed by atoms with Crippen LogP contribution in [0.25, 0.3) is 11.3 Å². The zero-order valence-corrected chi connectivity index (χ0v) is 18.0. The van der Waals surface area contributed by atoms with Crippen LogP contribution in [-0.4, -0.2) is 49.2 Å². The van der Waals surface area contributed by atoms with Crippen molar-refractivity contribution in [2.75, 3.05) is 32.6 Å². The number of anilines is 1. The molecule has 3 aromatic rings. The van der Waals surface area contributed by atoms with Gasteiger partial charge in [-0.3, -0.25) is 9.59 Å². The molecular weight excluding hydrogens is 410 g/mol. The number of nitrogens with one attached hydrogen (secondary N) is 1. The number of amides is 2. The summed E-state index contributed by atoms with van der Waals surface area (Å²) in [5.41, 5.74) is 1.57. The number of methoxy groups -OCH3 is 2. The third kappa shape index (κ3) is 4.59. The largest absolute Gasteiger partial charge is 0.497 e. The Bertz CT molecular complexity index is 1100. The van der Waals surface area contributed by atoms with Gasteiger partial charge in [0, 0.05) is 24.8 Å². The van der Waals surface area contributed by atoms with Crippen LogP contribution in [0.1, 0.15) is 23.3 Å². The van der Waals surface area contributed by atoms with Crippen LogP contribution in [0.4, 0.5) is 5.69 Å². The summed E-state index contributed by atoms with van der Waals surface area (Å²) in [4.78, 5) is 27.4. The second kappa shape index (κ2) is 9.55. The molecule has 2 aromatic carbocycles. The first-order valence-electron chi connectivity index (χ1n) is 10.4. The molecule has 1 N–H and O–H groups in total. The topological polar surface area (TPSA) is 93.9 Å². The highest BCUT2D eigenvalue weighted by atomic mass is 16.5. The summed E-state index contributed by atoms with van der Waals surface area (Å²) in [5, 5.41) is 6.90. The minimum Gasteiger partial charge on any atom is -0.497 e. The lowest BCUT2D eigenvalue weighted by Gasteiger charge is -2.31. The van der Waals surface area contributed by atoms with Crippen LogP contribution in [0.5, 0.6) is 11.5 Å². The van der Waals surface area contributed by atoms with E-state index in [1.807, 2.05) is 30.3 Å². The normalized spacial score (nSPS) is 15.8. The number of rotatable bonds is 6. The molecule has 2 amide bonds. The van der Waals surface area contributed by atoms with E-state index in [0.717, 1.165) is 18.5 Å². The van der Waals surface area contributed by atoms with Crippen LogP contribution in [0.3, 0.4) is 0 Å². The summed E-state index contributed by atoms with van der Waals surface area (Å²) in [5.74, 6) is 0.983. The summed E-state index contributed by atoms with van der Waals surface area (Å²) in [6.45, 7) is 0.904. The summed E-state index contributed by atoms with van der Waals surface area (Å²) < 4.78 is 16.1. The molecule has 166 valence electrons. The SMILES string of the molecule is COc1ccc(OC)c(-c2cc(C(=O)N3CCCC(C(=O)Nc4ccccc4)C3)no2)c1. The fraction of sp³-hybridized carbons (Fsp3) is 0.292. The Morgan fingerprint density at radius 2 is 1.91 bits per heavy atom. The van der Waals surface area contributed by atoms with Gasteiger partial charge in [-0.25, -0.2) is 0 Å². The molecule has 2 heterocycles. The number of hydrogen-bond acceptors (Lipinski definition) is 6. The second-order valence-corrected chi connectivity index (χ2v) is 7.59. The lowest BCUT2D eigenvalue weighted by Crippen LogP contribution is -2.43. The van der Waals surface area contributed by atoms with Crippen molar-refractivity contribution in [2.24, 2.45) is 5.92 Å². The zero-order chi connectivity index (χ0) is 22.5. The molecule has 0 spiro atoms. The molecule has 0 radical (unpaired) electrons. The van der Waals surface area contributed by atoms with Crippen molar-refractivity contribution in [1.29, 1.82) is 0 Å². The van der Waals surface area contributed by atoms with Crippen molar-refractivity contribution < 1.29 is 23.6 Å². The van der Waals surface area contributed by atoms with Gasteiger partial charge in [-0.2, -0.15) is 0 Å². The Morgan fingerprint density at radius 3 is 2.66 bits per heavy atom. The average molecular weight is 435 g/mol. The first kappa shape index (κ1) is 21.4. The van der Waals surface area contributed by atoms with Crippen LogP contribution in [0.2, 0.25) is 0 Å². The first-order valence-corrected chi connectivity index (χ1v) is 10.4. The highest BCUT2D eigenvalue weighted by Crippen LogP contribution is 2.34. The number of nitrogens with zero attached hydrogens (tertiary/aromatic N) is 2. The highest BCUT2D eigenvalue weighted by Gasteiger charge is 2.30. The van der Waals surface area contributed by atoms with Crippen molar-refractivity contribution >= 4 is 17.5 Å². The van der Waals surface area contributed by atoms with E-state index in [4.69, 9.17) is 14.0 Å². The maximum atomic E-state index is 13.1. The van der Waals surface area contributed by atoms with E-state index in [-0.39, 0.29) is 23.4 Å². The molecule has 0 saturated carbocycles. The van der Waals surface area contributed by atoms with Crippen LogP contribution in [-0.2, 0) is 4.79 Å². The van der Waals surface area contributed by atoms with E-state index in [1.165, 1.54) is 0 Å². The van der Waals surface area contributed by atoms with Gasteiger partial charge in [0.05, 0.1) is 25.7 Å². The van der Waals surface area contributed by atoms with Crippen LogP contribution in [0.15, 0.2) is 59.1 Å². The Hall–Kier alpha value is -3.81. The average Bonchev–Trinajstić information content (AvgIpc) is 3.34. The van der Waals surface area contributed by atoms with Crippen molar-refractivity contribution in [2.45, 2.75) is 12.8 Å². The van der Waals surface area contributed by atoms with Gasteiger partial charge in [0.15, 0.2) is 11.5 Å². The summed E-state index contributed by atoms with van der Waals surface area (Å²) in [6.07, 6.45) is 1.47. The van der Waals surface area contributed by atoms with E-state index in [1.54, 1.807) is 43.4 Å². The number of carbonyl (C=O) groups is 2. The lowest BCUT2D eigenvalue weighted by molar-refractivity contribution is -0.121. The highest BCUT2D eigenvalue weighted by molar-refractivity contribution is 5.95. The molecule has 1 saturated heterocycles. The molecule has 1 fully saturated rings. The van der Waals surface area contributed by atoms with E-state index >= 15 is 0 Å². The van der Waals surface area contributed by atoms with Crippen LogP contribution in [0, 0.1) is 5.92 Å². The van der Waals surface area contributed by atoms with Gasteiger partial charge < -0.3 is 24.2 Å². The number of para-hydroxylation sites is 1. The summed E-state index contributed by atoms with van der Waals surface area (Å²) in [6, 6.07) is 16.2. The smallest absolute Gasteiger partial charge is 0.276 e. The van der Waals surface area contributed by atoms with Gasteiger partial charge in [0.1, 0.15) is 11.5 Å². The molecule has 8 heteroatoms. The monoisotopic (exact) mass is 435 g/mol. The van der Waals surface area contributed by atoms with Gasteiger partial charge in [0.2, 0.25) is 5.91 Å². The molecule has 0 bridgehead atoms. The van der Waals surface area contributed by atoms with Crippen LogP contribution < -0.4 is 14.8 Å². The second-order valence-electron chi connectivity index (χ2n) is 7.59. The van der Waals surface area contributed by atoms with Crippen molar-refractivity contribution in [3.05, 3.63) is 60.3 Å². The molecular formula is C24H25N3O5. The summed E-state index contributed by atoms with van der Waals surface area (Å²) in [7, 11) is 3.13. The number of piperidine rings is 1. The lowest BCUT2D eigenvalue weighted by atomic mass is 9.96. The zero-order valence-electron chi connectivity index (χ0n) is 18.0. The van der Waals surface area contributed by atoms with Gasteiger partial charge >= 0.3 is 0 Å². The molecule has 0 aliphatic carbocycles. The Morgan fingerprint density at radius 1 is 1.09 bits per heavy atom. The Kier molecular flexibility index (Phi) is 6.39. The number of aromatic nitrogens is 1. The molecule has 1 unspecified atom stereocenters. The summed E-state index contributed by atoms with van der Waals surface area (Å²) >= 11 is 0. The molecule has 1 aliphatic heterocycles. The minimum absolute atomic E-state index is 0.0874. The fourth-order valence-corrected chi connectivity index (χ4v) is 3.81. The van der Waals surface area contributed by atoms with Crippen LogP contribution >= 0.6 is 0 Å². The quantitative estimate of drug-likeness (QED) is 0.632. The predicted molar refractivity (Wildman–Crippen MR) is 119 cm³/mol. The van der Waals surface area contributed by atoms with E-state index in [0.29, 0.717) is 35.9 Å².